The summed E-state index contributed by atoms with van der Waals surface area (Å²) in [5, 5.41) is 13.1. The van der Waals surface area contributed by atoms with Gasteiger partial charge >= 0.3 is 5.97 Å². The number of thioether (sulfide) groups is 1. The van der Waals surface area contributed by atoms with Crippen LogP contribution in [-0.4, -0.2) is 51.5 Å². The molecule has 1 N–H and O–H groups in total. The molecule has 3 rings (SSSR count). The molecule has 2 atom stereocenters. The first kappa shape index (κ1) is 26.3. The molecule has 0 saturated carbocycles. The summed E-state index contributed by atoms with van der Waals surface area (Å²) < 4.78 is 5.63. The molecule has 6 nitrogen and oxygen atoms in total. The summed E-state index contributed by atoms with van der Waals surface area (Å²) in [4.78, 5) is 33.1. The van der Waals surface area contributed by atoms with E-state index in [1.165, 1.54) is 11.3 Å². The zero-order valence-electron chi connectivity index (χ0n) is 20.9. The van der Waals surface area contributed by atoms with Crippen LogP contribution < -0.4 is 4.74 Å². The van der Waals surface area contributed by atoms with Crippen molar-refractivity contribution in [2.75, 3.05) is 19.1 Å². The van der Waals surface area contributed by atoms with Gasteiger partial charge in [0.1, 0.15) is 16.8 Å². The fourth-order valence-electron chi connectivity index (χ4n) is 4.69. The third-order valence-corrected chi connectivity index (χ3v) is 7.47. The lowest BCUT2D eigenvalue weighted by Gasteiger charge is -2.39. The van der Waals surface area contributed by atoms with Crippen LogP contribution in [0.5, 0.6) is 5.75 Å². The minimum Gasteiger partial charge on any atom is -0.496 e. The van der Waals surface area contributed by atoms with Crippen LogP contribution in [0.15, 0.2) is 41.4 Å². The lowest BCUT2D eigenvalue weighted by atomic mass is 9.85. The van der Waals surface area contributed by atoms with Crippen molar-refractivity contribution in [2.45, 2.75) is 58.0 Å². The van der Waals surface area contributed by atoms with Crippen LogP contribution >= 0.6 is 23.1 Å². The Morgan fingerprint density at radius 3 is 2.53 bits per heavy atom. The van der Waals surface area contributed by atoms with Crippen LogP contribution in [0.25, 0.3) is 0 Å². The second kappa shape index (κ2) is 10.1. The van der Waals surface area contributed by atoms with Crippen molar-refractivity contribution >= 4 is 35.0 Å². The average Bonchev–Trinajstić information content (AvgIpc) is 3.38. The molecule has 34 heavy (non-hydrogen) atoms. The molecule has 0 fully saturated rings. The topological polar surface area (TPSA) is 79.7 Å². The maximum atomic E-state index is 14.2. The molecule has 1 amide bonds. The average molecular weight is 503 g/mol. The number of amides is 1. The van der Waals surface area contributed by atoms with Gasteiger partial charge in [-0.25, -0.2) is 9.78 Å². The zero-order chi connectivity index (χ0) is 25.3. The quantitative estimate of drug-likeness (QED) is 0.459. The predicted octanol–water partition coefficient (Wildman–Crippen LogP) is 5.81. The van der Waals surface area contributed by atoms with Crippen LogP contribution in [0, 0.1) is 5.92 Å². The van der Waals surface area contributed by atoms with Gasteiger partial charge < -0.3 is 14.7 Å². The number of thiazole rings is 1. The number of hydrogen-bond acceptors (Lipinski definition) is 6. The number of carboxylic acid groups (broad SMARTS) is 1. The normalized spacial score (nSPS) is 20.5. The maximum absolute atomic E-state index is 14.2. The number of nitrogens with zero attached hydrogens (tertiary/aromatic N) is 2. The third-order valence-electron chi connectivity index (χ3n) is 6.02. The first-order valence-corrected chi connectivity index (χ1v) is 13.6. The molecule has 0 aliphatic carbocycles. The number of carbonyl (C=O) groups excluding carboxylic acids is 1. The smallest absolute Gasteiger partial charge is 0.333 e. The van der Waals surface area contributed by atoms with Crippen LogP contribution in [0.1, 0.15) is 68.0 Å². The van der Waals surface area contributed by atoms with Gasteiger partial charge in [0.25, 0.3) is 5.91 Å². The number of rotatable bonds is 8. The molecule has 1 aliphatic rings. The van der Waals surface area contributed by atoms with E-state index < -0.39 is 17.6 Å². The Labute approximate surface area is 210 Å². The van der Waals surface area contributed by atoms with Gasteiger partial charge in [0.05, 0.1) is 7.11 Å². The number of aromatic nitrogens is 1. The van der Waals surface area contributed by atoms with Gasteiger partial charge in [-0.15, -0.1) is 11.3 Å². The molecule has 184 valence electrons. The Morgan fingerprint density at radius 2 is 2.03 bits per heavy atom. The molecule has 0 bridgehead atoms. The Morgan fingerprint density at radius 1 is 1.32 bits per heavy atom. The standard InChI is InChI=1S/C26H34N2O4S2/c1-16(2)13-26(24(30)31)14-18(15-33-7)21(22-27-10-11-34-22)28(26)23(29)17-8-9-19(25(3,4)5)20(12-17)32-6/h8-12,14,16,21H,13,15H2,1-7H3,(H,30,31)/t21-,26+/m1/s1. The largest absolute Gasteiger partial charge is 0.496 e. The van der Waals surface area contributed by atoms with Crippen molar-refractivity contribution in [2.24, 2.45) is 5.92 Å². The second-order valence-electron chi connectivity index (χ2n) is 10.1. The van der Waals surface area contributed by atoms with Gasteiger partial charge in [-0.05, 0) is 53.4 Å². The molecule has 1 aliphatic heterocycles. The Hall–Kier alpha value is -2.32. The van der Waals surface area contributed by atoms with E-state index in [0.29, 0.717) is 23.5 Å². The van der Waals surface area contributed by atoms with E-state index in [-0.39, 0.29) is 17.2 Å². The van der Waals surface area contributed by atoms with Crippen LogP contribution in [-0.2, 0) is 10.2 Å². The third kappa shape index (κ3) is 4.89. The number of aliphatic carboxylic acids is 1. The summed E-state index contributed by atoms with van der Waals surface area (Å²) in [7, 11) is 1.59. The van der Waals surface area contributed by atoms with Crippen molar-refractivity contribution in [1.29, 1.82) is 0 Å². The van der Waals surface area contributed by atoms with E-state index in [4.69, 9.17) is 4.74 Å². The molecule has 1 aromatic carbocycles. The molecular formula is C26H34N2O4S2. The lowest BCUT2D eigenvalue weighted by molar-refractivity contribution is -0.147. The zero-order valence-corrected chi connectivity index (χ0v) is 22.5. The minimum atomic E-state index is -1.46. The number of ether oxygens (including phenoxy) is 1. The highest BCUT2D eigenvalue weighted by molar-refractivity contribution is 7.98. The Kier molecular flexibility index (Phi) is 7.82. The molecule has 2 heterocycles. The van der Waals surface area contributed by atoms with Gasteiger partial charge in [0, 0.05) is 22.9 Å². The first-order chi connectivity index (χ1) is 16.0. The molecule has 2 aromatic rings. The highest BCUT2D eigenvalue weighted by Gasteiger charge is 2.55. The van der Waals surface area contributed by atoms with Crippen molar-refractivity contribution in [3.05, 3.63) is 57.6 Å². The van der Waals surface area contributed by atoms with E-state index in [2.05, 4.69) is 25.8 Å². The van der Waals surface area contributed by atoms with Crippen molar-refractivity contribution in [1.82, 2.24) is 9.88 Å². The fourth-order valence-corrected chi connectivity index (χ4v) is 6.03. The number of carboxylic acids is 1. The Bertz CT molecular complexity index is 1070. The molecule has 0 saturated heterocycles. The highest BCUT2D eigenvalue weighted by atomic mass is 32.2. The number of carbonyl (C=O) groups is 2. The van der Waals surface area contributed by atoms with E-state index >= 15 is 0 Å². The van der Waals surface area contributed by atoms with E-state index in [1.807, 2.05) is 31.5 Å². The predicted molar refractivity (Wildman–Crippen MR) is 139 cm³/mol. The molecule has 1 aromatic heterocycles. The number of hydrogen-bond donors (Lipinski definition) is 1. The van der Waals surface area contributed by atoms with Crippen molar-refractivity contribution in [3.8, 4) is 5.75 Å². The summed E-state index contributed by atoms with van der Waals surface area (Å²) in [6.45, 7) is 10.2. The number of methoxy groups -OCH3 is 1. The summed E-state index contributed by atoms with van der Waals surface area (Å²) in [6, 6.07) is 4.89. The van der Waals surface area contributed by atoms with E-state index in [0.717, 1.165) is 16.1 Å². The summed E-state index contributed by atoms with van der Waals surface area (Å²) in [5.41, 5.74) is 0.663. The molecular weight excluding hydrogens is 468 g/mol. The highest BCUT2D eigenvalue weighted by Crippen LogP contribution is 2.47. The van der Waals surface area contributed by atoms with E-state index in [9.17, 15) is 14.7 Å². The SMILES string of the molecule is COc1cc(C(=O)N2[C@@H](c3nccs3)C(CSC)=C[C@@]2(CC(C)C)C(=O)O)ccc1C(C)(C)C. The molecule has 8 heteroatoms. The van der Waals surface area contributed by atoms with Gasteiger partial charge in [-0.1, -0.05) is 40.7 Å². The number of benzene rings is 1. The maximum Gasteiger partial charge on any atom is 0.333 e. The minimum absolute atomic E-state index is 0.0611. The van der Waals surface area contributed by atoms with Crippen LogP contribution in [0.4, 0.5) is 0 Å². The summed E-state index contributed by atoms with van der Waals surface area (Å²) >= 11 is 3.05. The van der Waals surface area contributed by atoms with Crippen LogP contribution in [0.3, 0.4) is 0 Å². The molecule has 0 spiro atoms. The van der Waals surface area contributed by atoms with Crippen molar-refractivity contribution in [3.63, 3.8) is 0 Å². The summed E-state index contributed by atoms with van der Waals surface area (Å²) in [5.74, 6) is -0.0655. The lowest BCUT2D eigenvalue weighted by Crippen LogP contribution is -2.54. The van der Waals surface area contributed by atoms with Gasteiger partial charge in [-0.2, -0.15) is 11.8 Å². The first-order valence-electron chi connectivity index (χ1n) is 11.3. The second-order valence-corrected chi connectivity index (χ2v) is 11.9. The van der Waals surface area contributed by atoms with E-state index in [1.54, 1.807) is 48.2 Å². The van der Waals surface area contributed by atoms with Gasteiger partial charge in [-0.3, -0.25) is 4.79 Å². The van der Waals surface area contributed by atoms with Crippen LogP contribution in [0.2, 0.25) is 0 Å². The van der Waals surface area contributed by atoms with Gasteiger partial charge in [0.2, 0.25) is 0 Å². The van der Waals surface area contributed by atoms with Gasteiger partial charge in [0.15, 0.2) is 5.54 Å². The molecule has 0 radical (unpaired) electrons. The summed E-state index contributed by atoms with van der Waals surface area (Å²) in [6.07, 6.45) is 5.79. The molecule has 0 unspecified atom stereocenters. The van der Waals surface area contributed by atoms with Crippen molar-refractivity contribution < 1.29 is 19.4 Å². The monoisotopic (exact) mass is 502 g/mol. The fraction of sp³-hybridized carbons (Fsp3) is 0.500. The Balaban J connectivity index is 2.21.